The molecule has 1 nitrogen and oxygen atoms in total. The molecule has 0 amide bonds. The van der Waals surface area contributed by atoms with Crippen molar-refractivity contribution in [1.82, 2.24) is 0 Å². The van der Waals surface area contributed by atoms with Crippen molar-refractivity contribution in [2.45, 2.75) is 51.5 Å². The van der Waals surface area contributed by atoms with E-state index in [4.69, 9.17) is 5.73 Å². The summed E-state index contributed by atoms with van der Waals surface area (Å²) in [6.45, 7) is 4.62. The van der Waals surface area contributed by atoms with E-state index in [1.165, 1.54) is 32.1 Å². The zero-order valence-electron chi connectivity index (χ0n) is 7.69. The number of hydrogen-bond acceptors (Lipinski definition) is 1. The molecule has 0 aromatic rings. The normalized spacial score (nSPS) is 46.9. The Morgan fingerprint density at radius 3 is 2.18 bits per heavy atom. The van der Waals surface area contributed by atoms with E-state index in [0.717, 1.165) is 11.3 Å². The summed E-state index contributed by atoms with van der Waals surface area (Å²) in [5.74, 6) is 0.873. The van der Waals surface area contributed by atoms with E-state index in [0.29, 0.717) is 5.54 Å². The van der Waals surface area contributed by atoms with Gasteiger partial charge in [-0.05, 0) is 37.0 Å². The van der Waals surface area contributed by atoms with E-state index < -0.39 is 0 Å². The summed E-state index contributed by atoms with van der Waals surface area (Å²) < 4.78 is 0. The van der Waals surface area contributed by atoms with Crippen molar-refractivity contribution in [3.63, 3.8) is 0 Å². The van der Waals surface area contributed by atoms with Crippen molar-refractivity contribution < 1.29 is 0 Å². The maximum absolute atomic E-state index is 5.98. The molecule has 0 aromatic heterocycles. The molecule has 0 saturated heterocycles. The summed E-state index contributed by atoms with van der Waals surface area (Å²) in [4.78, 5) is 0. The second-order valence-corrected chi connectivity index (χ2v) is 5.33. The molecule has 0 heterocycles. The Morgan fingerprint density at radius 1 is 1.27 bits per heavy atom. The third-order valence-electron chi connectivity index (χ3n) is 3.43. The Morgan fingerprint density at radius 2 is 1.82 bits per heavy atom. The maximum atomic E-state index is 5.98. The Balaban J connectivity index is 1.74. The molecule has 0 spiro atoms. The molecule has 3 rings (SSSR count). The summed E-state index contributed by atoms with van der Waals surface area (Å²) in [5.41, 5.74) is 7.03. The quantitative estimate of drug-likeness (QED) is 0.661. The fraction of sp³-hybridized carbons (Fsp3) is 1.00. The SMILES string of the molecule is CC(C)CCC12CC(N)(C1)C2. The van der Waals surface area contributed by atoms with Gasteiger partial charge in [0.05, 0.1) is 0 Å². The van der Waals surface area contributed by atoms with Crippen LogP contribution in [0.1, 0.15) is 46.0 Å². The Bertz CT molecular complexity index is 152. The van der Waals surface area contributed by atoms with E-state index in [1.807, 2.05) is 0 Å². The average Bonchev–Trinajstić information content (AvgIpc) is 1.75. The van der Waals surface area contributed by atoms with Crippen LogP contribution in [0.2, 0.25) is 0 Å². The Hall–Kier alpha value is -0.0400. The predicted molar refractivity (Wildman–Crippen MR) is 47.3 cm³/mol. The van der Waals surface area contributed by atoms with Crippen LogP contribution in [-0.2, 0) is 0 Å². The van der Waals surface area contributed by atoms with Crippen molar-refractivity contribution in [3.8, 4) is 0 Å². The van der Waals surface area contributed by atoms with E-state index in [2.05, 4.69) is 13.8 Å². The monoisotopic (exact) mass is 153 g/mol. The van der Waals surface area contributed by atoms with Gasteiger partial charge >= 0.3 is 0 Å². The van der Waals surface area contributed by atoms with Gasteiger partial charge in [0, 0.05) is 5.54 Å². The Kier molecular flexibility index (Phi) is 1.39. The van der Waals surface area contributed by atoms with Gasteiger partial charge < -0.3 is 5.73 Å². The molecule has 0 aromatic carbocycles. The highest BCUT2D eigenvalue weighted by molar-refractivity contribution is 5.21. The van der Waals surface area contributed by atoms with Crippen LogP contribution in [-0.4, -0.2) is 5.54 Å². The molecule has 11 heavy (non-hydrogen) atoms. The second-order valence-electron chi connectivity index (χ2n) is 5.33. The summed E-state index contributed by atoms with van der Waals surface area (Å²) in [5, 5.41) is 0. The van der Waals surface area contributed by atoms with Crippen LogP contribution in [0.3, 0.4) is 0 Å². The highest BCUT2D eigenvalue weighted by Gasteiger charge is 2.64. The molecule has 2 bridgehead atoms. The molecule has 3 saturated carbocycles. The van der Waals surface area contributed by atoms with Crippen molar-refractivity contribution in [1.29, 1.82) is 0 Å². The first-order chi connectivity index (χ1) is 5.04. The van der Waals surface area contributed by atoms with Gasteiger partial charge in [0.15, 0.2) is 0 Å². The molecule has 3 fully saturated rings. The first-order valence-corrected chi connectivity index (χ1v) is 4.83. The van der Waals surface area contributed by atoms with Gasteiger partial charge in [-0.2, -0.15) is 0 Å². The third-order valence-corrected chi connectivity index (χ3v) is 3.43. The lowest BCUT2D eigenvalue weighted by Gasteiger charge is -2.69. The van der Waals surface area contributed by atoms with Gasteiger partial charge in [-0.15, -0.1) is 0 Å². The number of hydrogen-bond donors (Lipinski definition) is 1. The fourth-order valence-electron chi connectivity index (χ4n) is 2.95. The van der Waals surface area contributed by atoms with Crippen LogP contribution >= 0.6 is 0 Å². The second kappa shape index (κ2) is 2.01. The summed E-state index contributed by atoms with van der Waals surface area (Å²) in [7, 11) is 0. The first-order valence-electron chi connectivity index (χ1n) is 4.83. The van der Waals surface area contributed by atoms with Gasteiger partial charge in [-0.3, -0.25) is 0 Å². The minimum absolute atomic E-state index is 0.316. The van der Waals surface area contributed by atoms with Crippen LogP contribution in [0.25, 0.3) is 0 Å². The zero-order chi connectivity index (χ0) is 8.11. The highest BCUT2D eigenvalue weighted by atomic mass is 14.9. The molecule has 2 N–H and O–H groups in total. The fourth-order valence-corrected chi connectivity index (χ4v) is 2.95. The van der Waals surface area contributed by atoms with Crippen LogP contribution < -0.4 is 5.73 Å². The lowest BCUT2D eigenvalue weighted by Crippen LogP contribution is -2.71. The van der Waals surface area contributed by atoms with Crippen LogP contribution in [0.4, 0.5) is 0 Å². The molecule has 0 unspecified atom stereocenters. The lowest BCUT2D eigenvalue weighted by atomic mass is 9.38. The molecule has 64 valence electrons. The number of nitrogens with two attached hydrogens (primary N) is 1. The summed E-state index contributed by atoms with van der Waals surface area (Å²) in [6.07, 6.45) is 6.81. The lowest BCUT2D eigenvalue weighted by molar-refractivity contribution is -0.138. The third kappa shape index (κ3) is 1.10. The van der Waals surface area contributed by atoms with Crippen molar-refractivity contribution in [3.05, 3.63) is 0 Å². The standard InChI is InChI=1S/C10H19N/c1-8(2)3-4-9-5-10(11,6-9)7-9/h8H,3-7,11H2,1-2H3. The van der Waals surface area contributed by atoms with Gasteiger partial charge in [0.1, 0.15) is 0 Å². The van der Waals surface area contributed by atoms with Crippen molar-refractivity contribution in [2.75, 3.05) is 0 Å². The number of rotatable bonds is 3. The van der Waals surface area contributed by atoms with Crippen LogP contribution in [0.15, 0.2) is 0 Å². The first kappa shape index (κ1) is 7.60. The Labute approximate surface area is 69.4 Å². The molecular formula is C10H19N. The molecule has 3 aliphatic rings. The van der Waals surface area contributed by atoms with Crippen molar-refractivity contribution in [2.24, 2.45) is 17.1 Å². The van der Waals surface area contributed by atoms with Crippen molar-refractivity contribution >= 4 is 0 Å². The van der Waals surface area contributed by atoms with E-state index in [1.54, 1.807) is 0 Å². The molecule has 0 atom stereocenters. The minimum Gasteiger partial charge on any atom is -0.325 e. The molecule has 0 aliphatic heterocycles. The molecule has 3 aliphatic carbocycles. The van der Waals surface area contributed by atoms with E-state index in [-0.39, 0.29) is 0 Å². The molecular weight excluding hydrogens is 134 g/mol. The smallest absolute Gasteiger partial charge is 0.0170 e. The highest BCUT2D eigenvalue weighted by Crippen LogP contribution is 2.68. The van der Waals surface area contributed by atoms with E-state index >= 15 is 0 Å². The van der Waals surface area contributed by atoms with Gasteiger partial charge in [0.25, 0.3) is 0 Å². The largest absolute Gasteiger partial charge is 0.325 e. The van der Waals surface area contributed by atoms with Gasteiger partial charge in [-0.25, -0.2) is 0 Å². The van der Waals surface area contributed by atoms with Crippen LogP contribution in [0, 0.1) is 11.3 Å². The van der Waals surface area contributed by atoms with Crippen LogP contribution in [0.5, 0.6) is 0 Å². The minimum atomic E-state index is 0.316. The summed E-state index contributed by atoms with van der Waals surface area (Å²) >= 11 is 0. The van der Waals surface area contributed by atoms with E-state index in [9.17, 15) is 0 Å². The molecule has 1 heteroatoms. The zero-order valence-corrected chi connectivity index (χ0v) is 7.69. The van der Waals surface area contributed by atoms with Gasteiger partial charge in [-0.1, -0.05) is 20.3 Å². The van der Waals surface area contributed by atoms with Gasteiger partial charge in [0.2, 0.25) is 0 Å². The summed E-state index contributed by atoms with van der Waals surface area (Å²) in [6, 6.07) is 0. The maximum Gasteiger partial charge on any atom is 0.0170 e. The topological polar surface area (TPSA) is 26.0 Å². The average molecular weight is 153 g/mol. The predicted octanol–water partition coefficient (Wildman–Crippen LogP) is 2.30. The molecule has 0 radical (unpaired) electrons.